The first kappa shape index (κ1) is 8.01. The van der Waals surface area contributed by atoms with Crippen molar-refractivity contribution in [2.24, 2.45) is 10.9 Å². The van der Waals surface area contributed by atoms with Gasteiger partial charge in [0.1, 0.15) is 5.82 Å². The Balaban J connectivity index is 3.05. The van der Waals surface area contributed by atoms with Gasteiger partial charge in [0.25, 0.3) is 0 Å². The molecule has 0 aliphatic heterocycles. The Kier molecular flexibility index (Phi) is 2.44. The van der Waals surface area contributed by atoms with E-state index in [0.717, 1.165) is 0 Å². The summed E-state index contributed by atoms with van der Waals surface area (Å²) in [5.41, 5.74) is 0.680. The number of rotatable bonds is 1. The molecular formula is C7H6ClFN2. The summed E-state index contributed by atoms with van der Waals surface area (Å²) in [6.07, 6.45) is 1.39. The van der Waals surface area contributed by atoms with Crippen LogP contribution in [-0.4, -0.2) is 6.21 Å². The van der Waals surface area contributed by atoms with E-state index in [0.29, 0.717) is 5.56 Å². The van der Waals surface area contributed by atoms with Gasteiger partial charge in [0.15, 0.2) is 0 Å². The Hall–Kier alpha value is -1.09. The fourth-order valence-corrected chi connectivity index (χ4v) is 0.868. The fraction of sp³-hybridized carbons (Fsp3) is 0. The van der Waals surface area contributed by atoms with Crippen molar-refractivity contribution in [3.05, 3.63) is 34.6 Å². The van der Waals surface area contributed by atoms with Crippen LogP contribution in [0.5, 0.6) is 0 Å². The van der Waals surface area contributed by atoms with Crippen LogP contribution in [0.25, 0.3) is 0 Å². The Morgan fingerprint density at radius 1 is 1.55 bits per heavy atom. The van der Waals surface area contributed by atoms with E-state index in [1.807, 2.05) is 0 Å². The van der Waals surface area contributed by atoms with E-state index in [1.165, 1.54) is 24.4 Å². The van der Waals surface area contributed by atoms with Gasteiger partial charge in [-0.05, 0) is 17.7 Å². The number of hydrogen-bond donors (Lipinski definition) is 1. The molecule has 2 nitrogen and oxygen atoms in total. The van der Waals surface area contributed by atoms with Gasteiger partial charge in [-0.3, -0.25) is 0 Å². The number of hydrazone groups is 1. The zero-order valence-electron chi connectivity index (χ0n) is 5.59. The van der Waals surface area contributed by atoms with E-state index in [1.54, 1.807) is 0 Å². The zero-order valence-corrected chi connectivity index (χ0v) is 6.35. The lowest BCUT2D eigenvalue weighted by Crippen LogP contribution is -1.87. The van der Waals surface area contributed by atoms with Gasteiger partial charge in [0, 0.05) is 0 Å². The molecule has 0 aliphatic rings. The third kappa shape index (κ3) is 1.91. The normalized spacial score (nSPS) is 10.7. The second-order valence-corrected chi connectivity index (χ2v) is 2.36. The standard InChI is InChI=1S/C7H6ClFN2/c8-6-3-5(4-11-10)1-2-7(6)9/h1-4H,10H2/b11-4+. The van der Waals surface area contributed by atoms with Crippen LogP contribution < -0.4 is 5.84 Å². The lowest BCUT2D eigenvalue weighted by atomic mass is 10.2. The third-order valence-electron chi connectivity index (χ3n) is 1.17. The van der Waals surface area contributed by atoms with Crippen LogP contribution in [0.1, 0.15) is 5.56 Å². The van der Waals surface area contributed by atoms with E-state index in [-0.39, 0.29) is 5.02 Å². The van der Waals surface area contributed by atoms with Gasteiger partial charge in [-0.2, -0.15) is 5.10 Å². The second-order valence-electron chi connectivity index (χ2n) is 1.95. The molecule has 0 bridgehead atoms. The van der Waals surface area contributed by atoms with E-state index in [2.05, 4.69) is 5.10 Å². The molecule has 0 unspecified atom stereocenters. The minimum absolute atomic E-state index is 0.0717. The first-order valence-corrected chi connectivity index (χ1v) is 3.30. The van der Waals surface area contributed by atoms with Crippen molar-refractivity contribution in [2.75, 3.05) is 0 Å². The molecule has 0 spiro atoms. The first-order valence-electron chi connectivity index (χ1n) is 2.92. The van der Waals surface area contributed by atoms with Gasteiger partial charge in [0.2, 0.25) is 0 Å². The Bertz CT molecular complexity index is 286. The van der Waals surface area contributed by atoms with Crippen LogP contribution in [-0.2, 0) is 0 Å². The SMILES string of the molecule is N/N=C/c1ccc(F)c(Cl)c1. The molecule has 0 radical (unpaired) electrons. The minimum atomic E-state index is -0.444. The highest BCUT2D eigenvalue weighted by Gasteiger charge is 1.97. The topological polar surface area (TPSA) is 38.4 Å². The van der Waals surface area contributed by atoms with Crippen LogP contribution in [0.4, 0.5) is 4.39 Å². The van der Waals surface area contributed by atoms with E-state index < -0.39 is 5.82 Å². The average molecular weight is 173 g/mol. The number of halogens is 2. The first-order chi connectivity index (χ1) is 5.24. The highest BCUT2D eigenvalue weighted by atomic mass is 35.5. The molecule has 58 valence electrons. The summed E-state index contributed by atoms with van der Waals surface area (Å²) in [5.74, 6) is 4.44. The van der Waals surface area contributed by atoms with Gasteiger partial charge in [-0.1, -0.05) is 17.7 Å². The van der Waals surface area contributed by atoms with Gasteiger partial charge in [-0.25, -0.2) is 4.39 Å². The molecule has 0 saturated heterocycles. The Labute approximate surface area is 68.5 Å². The maximum absolute atomic E-state index is 12.5. The number of nitrogens with zero attached hydrogens (tertiary/aromatic N) is 1. The van der Waals surface area contributed by atoms with Gasteiger partial charge < -0.3 is 5.84 Å². The maximum Gasteiger partial charge on any atom is 0.141 e. The van der Waals surface area contributed by atoms with Crippen LogP contribution in [0.2, 0.25) is 5.02 Å². The summed E-state index contributed by atoms with van der Waals surface area (Å²) in [6, 6.07) is 4.25. The number of benzene rings is 1. The highest BCUT2D eigenvalue weighted by Crippen LogP contribution is 2.14. The van der Waals surface area contributed by atoms with Crippen molar-refractivity contribution in [3.8, 4) is 0 Å². The lowest BCUT2D eigenvalue weighted by molar-refractivity contribution is 0.628. The third-order valence-corrected chi connectivity index (χ3v) is 1.46. The molecule has 1 rings (SSSR count). The molecule has 0 heterocycles. The molecule has 0 amide bonds. The maximum atomic E-state index is 12.5. The molecule has 0 fully saturated rings. The van der Waals surface area contributed by atoms with E-state index in [9.17, 15) is 4.39 Å². The molecule has 0 aliphatic carbocycles. The van der Waals surface area contributed by atoms with Crippen molar-refractivity contribution in [1.29, 1.82) is 0 Å². The predicted octanol–water partition coefficient (Wildman–Crippen LogP) is 1.77. The van der Waals surface area contributed by atoms with Crippen molar-refractivity contribution >= 4 is 17.8 Å². The smallest absolute Gasteiger partial charge is 0.141 e. The lowest BCUT2D eigenvalue weighted by Gasteiger charge is -1.94. The summed E-state index contributed by atoms with van der Waals surface area (Å²) in [4.78, 5) is 0. The highest BCUT2D eigenvalue weighted by molar-refractivity contribution is 6.31. The molecule has 1 aromatic rings. The summed E-state index contributed by atoms with van der Waals surface area (Å²) in [6.45, 7) is 0. The van der Waals surface area contributed by atoms with Crippen LogP contribution in [0, 0.1) is 5.82 Å². The Morgan fingerprint density at radius 3 is 2.82 bits per heavy atom. The van der Waals surface area contributed by atoms with E-state index in [4.69, 9.17) is 17.4 Å². The summed E-state index contributed by atoms with van der Waals surface area (Å²) < 4.78 is 12.5. The molecule has 0 saturated carbocycles. The van der Waals surface area contributed by atoms with Gasteiger partial charge >= 0.3 is 0 Å². The molecule has 4 heteroatoms. The Morgan fingerprint density at radius 2 is 2.27 bits per heavy atom. The quantitative estimate of drug-likeness (QED) is 0.391. The van der Waals surface area contributed by atoms with Crippen molar-refractivity contribution < 1.29 is 4.39 Å². The molecule has 0 atom stereocenters. The van der Waals surface area contributed by atoms with Crippen molar-refractivity contribution in [3.63, 3.8) is 0 Å². The summed E-state index contributed by atoms with van der Waals surface area (Å²) in [7, 11) is 0. The van der Waals surface area contributed by atoms with Gasteiger partial charge in [-0.15, -0.1) is 0 Å². The number of hydrogen-bond acceptors (Lipinski definition) is 2. The molecular weight excluding hydrogens is 167 g/mol. The van der Waals surface area contributed by atoms with Crippen molar-refractivity contribution in [2.45, 2.75) is 0 Å². The second kappa shape index (κ2) is 3.34. The van der Waals surface area contributed by atoms with Crippen LogP contribution in [0.15, 0.2) is 23.3 Å². The van der Waals surface area contributed by atoms with Crippen LogP contribution >= 0.6 is 11.6 Å². The molecule has 0 aromatic heterocycles. The van der Waals surface area contributed by atoms with Gasteiger partial charge in [0.05, 0.1) is 11.2 Å². The number of nitrogens with two attached hydrogens (primary N) is 1. The van der Waals surface area contributed by atoms with Crippen LogP contribution in [0.3, 0.4) is 0 Å². The molecule has 2 N–H and O–H groups in total. The molecule has 1 aromatic carbocycles. The predicted molar refractivity (Wildman–Crippen MR) is 43.2 cm³/mol. The summed E-state index contributed by atoms with van der Waals surface area (Å²) in [5, 5.41) is 3.34. The fourth-order valence-electron chi connectivity index (χ4n) is 0.679. The van der Waals surface area contributed by atoms with Crippen molar-refractivity contribution in [1.82, 2.24) is 0 Å². The van der Waals surface area contributed by atoms with E-state index >= 15 is 0 Å². The monoisotopic (exact) mass is 172 g/mol. The largest absolute Gasteiger partial charge is 0.323 e. The molecule has 11 heavy (non-hydrogen) atoms. The average Bonchev–Trinajstić information content (AvgIpc) is 1.98. The minimum Gasteiger partial charge on any atom is -0.323 e. The zero-order chi connectivity index (χ0) is 8.27. The summed E-state index contributed by atoms with van der Waals surface area (Å²) >= 11 is 5.47.